The van der Waals surface area contributed by atoms with Crippen LogP contribution in [0.5, 0.6) is 0 Å². The van der Waals surface area contributed by atoms with E-state index < -0.39 is 29.5 Å². The van der Waals surface area contributed by atoms with Gasteiger partial charge in [0, 0.05) is 0 Å². The molecule has 0 spiro atoms. The molecule has 0 aromatic heterocycles. The first-order valence-electron chi connectivity index (χ1n) is 7.56. The van der Waals surface area contributed by atoms with Gasteiger partial charge < -0.3 is 9.47 Å². The second kappa shape index (κ2) is 8.80. The zero-order chi connectivity index (χ0) is 19.1. The summed E-state index contributed by atoms with van der Waals surface area (Å²) < 4.78 is 35.9. The van der Waals surface area contributed by atoms with E-state index in [-0.39, 0.29) is 17.7 Å². The van der Waals surface area contributed by atoms with Gasteiger partial charge in [-0.1, -0.05) is 0 Å². The van der Waals surface area contributed by atoms with Crippen LogP contribution in [0.15, 0.2) is 52.7 Å². The van der Waals surface area contributed by atoms with Crippen LogP contribution in [-0.4, -0.2) is 26.2 Å². The molecule has 0 radical (unpaired) electrons. The summed E-state index contributed by atoms with van der Waals surface area (Å²) in [5.41, 5.74) is 0.674. The summed E-state index contributed by atoms with van der Waals surface area (Å²) in [5, 5.41) is 7.94. The van der Waals surface area contributed by atoms with Crippen LogP contribution >= 0.6 is 0 Å². The van der Waals surface area contributed by atoms with Crippen LogP contribution in [0.3, 0.4) is 0 Å². The van der Waals surface area contributed by atoms with Gasteiger partial charge in [-0.15, -0.1) is 0 Å². The molecule has 1 atom stereocenters. The molecule has 0 saturated heterocycles. The topological polar surface area (TPSA) is 77.3 Å². The fourth-order valence-corrected chi connectivity index (χ4v) is 2.23. The van der Waals surface area contributed by atoms with E-state index in [4.69, 9.17) is 4.74 Å². The highest BCUT2D eigenvalue weighted by molar-refractivity contribution is 5.85. The number of hydrogen-bond donors (Lipinski definition) is 0. The summed E-state index contributed by atoms with van der Waals surface area (Å²) in [7, 11) is 2.34. The molecule has 6 nitrogen and oxygen atoms in total. The predicted octanol–water partition coefficient (Wildman–Crippen LogP) is 4.20. The number of methoxy groups -OCH3 is 2. The molecular weight excluding hydrogens is 346 g/mol. The van der Waals surface area contributed by atoms with E-state index >= 15 is 0 Å². The van der Waals surface area contributed by atoms with Crippen molar-refractivity contribution in [2.24, 2.45) is 10.2 Å². The lowest BCUT2D eigenvalue weighted by atomic mass is 9.94. The van der Waals surface area contributed by atoms with Gasteiger partial charge in [-0.25, -0.2) is 8.78 Å². The normalized spacial score (nSPS) is 12.0. The maximum atomic E-state index is 13.7. The first-order valence-corrected chi connectivity index (χ1v) is 7.56. The second-order valence-corrected chi connectivity index (χ2v) is 5.24. The Morgan fingerprint density at radius 2 is 1.62 bits per heavy atom. The largest absolute Gasteiger partial charge is 0.469 e. The van der Waals surface area contributed by atoms with Gasteiger partial charge in [0.2, 0.25) is 0 Å². The van der Waals surface area contributed by atoms with Crippen molar-refractivity contribution in [3.63, 3.8) is 0 Å². The quantitative estimate of drug-likeness (QED) is 0.570. The highest BCUT2D eigenvalue weighted by atomic mass is 19.1. The van der Waals surface area contributed by atoms with Crippen molar-refractivity contribution in [3.8, 4) is 0 Å². The number of nitrogens with zero attached hydrogens (tertiary/aromatic N) is 2. The minimum Gasteiger partial charge on any atom is -0.469 e. The maximum absolute atomic E-state index is 13.7. The Hall–Kier alpha value is -3.16. The third kappa shape index (κ3) is 4.92. The van der Waals surface area contributed by atoms with Gasteiger partial charge in [-0.2, -0.15) is 10.2 Å². The van der Waals surface area contributed by atoms with Crippen molar-refractivity contribution < 1.29 is 27.8 Å². The molecule has 0 aliphatic heterocycles. The fraction of sp³-hybridized carbons (Fsp3) is 0.222. The van der Waals surface area contributed by atoms with Crippen molar-refractivity contribution in [1.82, 2.24) is 0 Å². The van der Waals surface area contributed by atoms with E-state index in [1.807, 2.05) is 0 Å². The molecule has 0 bridgehead atoms. The SMILES string of the molecule is COC(=O)CC(C(=O)OC)c1cc(F)ccc1N=Nc1ccc(F)cc1. The smallest absolute Gasteiger partial charge is 0.313 e. The third-order valence-electron chi connectivity index (χ3n) is 3.55. The molecule has 8 heteroatoms. The molecule has 0 N–H and O–H groups in total. The first-order chi connectivity index (χ1) is 12.4. The maximum Gasteiger partial charge on any atom is 0.313 e. The monoisotopic (exact) mass is 362 g/mol. The minimum absolute atomic E-state index is 0.133. The minimum atomic E-state index is -1.11. The van der Waals surface area contributed by atoms with Gasteiger partial charge >= 0.3 is 11.9 Å². The zero-order valence-electron chi connectivity index (χ0n) is 14.1. The van der Waals surface area contributed by atoms with Gasteiger partial charge in [0.05, 0.1) is 37.9 Å². The van der Waals surface area contributed by atoms with Crippen molar-refractivity contribution in [2.45, 2.75) is 12.3 Å². The van der Waals surface area contributed by atoms with E-state index in [0.717, 1.165) is 19.2 Å². The summed E-state index contributed by atoms with van der Waals surface area (Å²) in [5.74, 6) is -3.54. The Kier molecular flexibility index (Phi) is 6.48. The Morgan fingerprint density at radius 1 is 0.962 bits per heavy atom. The number of azo groups is 1. The molecule has 26 heavy (non-hydrogen) atoms. The lowest BCUT2D eigenvalue weighted by Gasteiger charge is -2.15. The summed E-state index contributed by atoms with van der Waals surface area (Å²) >= 11 is 0. The Morgan fingerprint density at radius 3 is 2.23 bits per heavy atom. The molecule has 0 heterocycles. The highest BCUT2D eigenvalue weighted by Crippen LogP contribution is 2.32. The van der Waals surface area contributed by atoms with Crippen molar-refractivity contribution in [2.75, 3.05) is 14.2 Å². The molecule has 0 aliphatic rings. The Balaban J connectivity index is 2.42. The molecule has 2 aromatic rings. The number of benzene rings is 2. The van der Waals surface area contributed by atoms with E-state index in [9.17, 15) is 18.4 Å². The average molecular weight is 362 g/mol. The highest BCUT2D eigenvalue weighted by Gasteiger charge is 2.28. The average Bonchev–Trinajstić information content (AvgIpc) is 2.65. The van der Waals surface area contributed by atoms with E-state index in [1.54, 1.807) is 0 Å². The number of rotatable bonds is 6. The molecule has 2 aromatic carbocycles. The zero-order valence-corrected chi connectivity index (χ0v) is 14.1. The van der Waals surface area contributed by atoms with Crippen molar-refractivity contribution in [3.05, 3.63) is 59.7 Å². The number of halogens is 2. The number of hydrogen-bond acceptors (Lipinski definition) is 6. The van der Waals surface area contributed by atoms with Crippen LogP contribution in [0, 0.1) is 11.6 Å². The molecule has 0 aliphatic carbocycles. The Bertz CT molecular complexity index is 822. The van der Waals surface area contributed by atoms with Crippen LogP contribution in [-0.2, 0) is 19.1 Å². The van der Waals surface area contributed by atoms with Gasteiger partial charge in [0.25, 0.3) is 0 Å². The number of carbonyl (C=O) groups excluding carboxylic acids is 2. The van der Waals surface area contributed by atoms with Crippen LogP contribution in [0.25, 0.3) is 0 Å². The lowest BCUT2D eigenvalue weighted by Crippen LogP contribution is -2.19. The fourth-order valence-electron chi connectivity index (χ4n) is 2.23. The lowest BCUT2D eigenvalue weighted by molar-refractivity contribution is -0.149. The number of carbonyl (C=O) groups is 2. The van der Waals surface area contributed by atoms with Crippen LogP contribution in [0.1, 0.15) is 17.9 Å². The van der Waals surface area contributed by atoms with Gasteiger partial charge in [-0.05, 0) is 48.0 Å². The summed E-state index contributed by atoms with van der Waals surface area (Å²) in [6.45, 7) is 0. The van der Waals surface area contributed by atoms with Crippen LogP contribution < -0.4 is 0 Å². The molecule has 2 rings (SSSR count). The molecular formula is C18H16F2N2O4. The van der Waals surface area contributed by atoms with Crippen LogP contribution in [0.4, 0.5) is 20.2 Å². The molecule has 0 amide bonds. The van der Waals surface area contributed by atoms with Gasteiger partial charge in [-0.3, -0.25) is 9.59 Å². The van der Waals surface area contributed by atoms with E-state index in [0.29, 0.717) is 5.69 Å². The number of ether oxygens (including phenoxy) is 2. The summed E-state index contributed by atoms with van der Waals surface area (Å²) in [6.07, 6.45) is -0.342. The first kappa shape index (κ1) is 19.2. The molecule has 0 fully saturated rings. The predicted molar refractivity (Wildman–Crippen MR) is 88.4 cm³/mol. The molecule has 1 unspecified atom stereocenters. The third-order valence-corrected chi connectivity index (χ3v) is 3.55. The molecule has 0 saturated carbocycles. The number of esters is 2. The van der Waals surface area contributed by atoms with E-state index in [1.165, 1.54) is 37.4 Å². The van der Waals surface area contributed by atoms with Gasteiger partial charge in [0.15, 0.2) is 0 Å². The standard InChI is InChI=1S/C18H16F2N2O4/c1-25-17(23)10-15(18(24)26-2)14-9-12(20)5-8-16(14)22-21-13-6-3-11(19)4-7-13/h3-9,15H,10H2,1-2H3. The summed E-state index contributed by atoms with van der Waals surface area (Å²) in [6, 6.07) is 8.81. The second-order valence-electron chi connectivity index (χ2n) is 5.24. The molecule has 136 valence electrons. The Labute approximate surface area is 148 Å². The van der Waals surface area contributed by atoms with Crippen molar-refractivity contribution >= 4 is 23.3 Å². The van der Waals surface area contributed by atoms with E-state index in [2.05, 4.69) is 15.0 Å². The summed E-state index contributed by atoms with van der Waals surface area (Å²) in [4.78, 5) is 23.7. The van der Waals surface area contributed by atoms with Crippen molar-refractivity contribution in [1.29, 1.82) is 0 Å². The van der Waals surface area contributed by atoms with Gasteiger partial charge in [0.1, 0.15) is 11.6 Å². The van der Waals surface area contributed by atoms with Crippen LogP contribution in [0.2, 0.25) is 0 Å².